The van der Waals surface area contributed by atoms with E-state index >= 15 is 0 Å². The van der Waals surface area contributed by atoms with Gasteiger partial charge in [0, 0.05) is 32.0 Å². The van der Waals surface area contributed by atoms with E-state index in [0.29, 0.717) is 26.0 Å². The third-order valence-corrected chi connectivity index (χ3v) is 5.31. The first-order valence-corrected chi connectivity index (χ1v) is 11.0. The lowest BCUT2D eigenvalue weighted by Crippen LogP contribution is -2.41. The van der Waals surface area contributed by atoms with Crippen molar-refractivity contribution >= 4 is 5.91 Å². The van der Waals surface area contributed by atoms with Gasteiger partial charge < -0.3 is 14.4 Å². The van der Waals surface area contributed by atoms with Crippen molar-refractivity contribution in [3.05, 3.63) is 29.8 Å². The van der Waals surface area contributed by atoms with Crippen LogP contribution in [0, 0.1) is 36.5 Å². The van der Waals surface area contributed by atoms with Crippen LogP contribution in [0.4, 0.5) is 0 Å². The molecule has 30 heavy (non-hydrogen) atoms. The summed E-state index contributed by atoms with van der Waals surface area (Å²) in [6, 6.07) is 8.26. The van der Waals surface area contributed by atoms with E-state index in [0.717, 1.165) is 37.7 Å². The molecule has 1 aromatic carbocycles. The molecule has 0 spiro atoms. The van der Waals surface area contributed by atoms with Crippen molar-refractivity contribution in [2.75, 3.05) is 26.4 Å². The summed E-state index contributed by atoms with van der Waals surface area (Å²) in [7, 11) is 0. The number of benzene rings is 1. The highest BCUT2D eigenvalue weighted by molar-refractivity contribution is 5.79. The summed E-state index contributed by atoms with van der Waals surface area (Å²) < 4.78 is 11.6. The highest BCUT2D eigenvalue weighted by Crippen LogP contribution is 2.28. The highest BCUT2D eigenvalue weighted by Gasteiger charge is 2.24. The molecule has 0 N–H and O–H groups in total. The van der Waals surface area contributed by atoms with Gasteiger partial charge in [0.05, 0.1) is 19.1 Å². The van der Waals surface area contributed by atoms with Crippen molar-refractivity contribution in [2.24, 2.45) is 11.8 Å². The predicted octanol–water partition coefficient (Wildman–Crippen LogP) is 4.32. The number of terminal acetylenes is 2. The number of rotatable bonds is 14. The summed E-state index contributed by atoms with van der Waals surface area (Å²) in [5, 5.41) is 0. The van der Waals surface area contributed by atoms with Crippen LogP contribution in [0.2, 0.25) is 0 Å². The van der Waals surface area contributed by atoms with Gasteiger partial charge in [0.25, 0.3) is 0 Å². The Morgan fingerprint density at radius 1 is 1.13 bits per heavy atom. The maximum atomic E-state index is 12.8. The number of nitrogens with zero attached hydrogens (tertiary/aromatic N) is 1. The first kappa shape index (κ1) is 23.8. The van der Waals surface area contributed by atoms with Crippen LogP contribution in [0.3, 0.4) is 0 Å². The van der Waals surface area contributed by atoms with Gasteiger partial charge in [-0.3, -0.25) is 4.79 Å². The van der Waals surface area contributed by atoms with Gasteiger partial charge in [0.2, 0.25) is 5.91 Å². The number of amides is 1. The molecule has 0 saturated heterocycles. The van der Waals surface area contributed by atoms with Crippen molar-refractivity contribution in [1.29, 1.82) is 0 Å². The molecule has 1 aliphatic rings. The number of hydrogen-bond donors (Lipinski definition) is 0. The minimum atomic E-state index is -0.302. The van der Waals surface area contributed by atoms with Crippen molar-refractivity contribution in [3.63, 3.8) is 0 Å². The van der Waals surface area contributed by atoms with E-state index < -0.39 is 0 Å². The fourth-order valence-electron chi connectivity index (χ4n) is 3.29. The van der Waals surface area contributed by atoms with Crippen LogP contribution >= 0.6 is 0 Å². The molecule has 0 unspecified atom stereocenters. The molecule has 4 heteroatoms. The first-order valence-electron chi connectivity index (χ1n) is 11.0. The molecular formula is C26H35NO3. The molecule has 1 amide bonds. The zero-order chi connectivity index (χ0) is 21.8. The first-order chi connectivity index (χ1) is 14.5. The van der Waals surface area contributed by atoms with Gasteiger partial charge >= 0.3 is 0 Å². The fraction of sp³-hybridized carbons (Fsp3) is 0.577. The SMILES string of the molecule is C#CCC(CC#C)C(=O)N(CCCOc1ccc(CCOCC2CC2)cc1)C(C)C. The smallest absolute Gasteiger partial charge is 0.227 e. The van der Waals surface area contributed by atoms with Gasteiger partial charge in [-0.2, -0.15) is 0 Å². The van der Waals surface area contributed by atoms with E-state index in [2.05, 4.69) is 24.0 Å². The molecule has 162 valence electrons. The molecule has 0 aromatic heterocycles. The maximum absolute atomic E-state index is 12.8. The lowest BCUT2D eigenvalue weighted by molar-refractivity contribution is -0.137. The monoisotopic (exact) mass is 409 g/mol. The standard InChI is InChI=1S/C26H35NO3/c1-5-8-24(9-6-2)26(28)27(21(3)4)17-7-18-30-25-14-12-22(13-15-25)16-19-29-20-23-10-11-23/h1-2,12-15,21,23-24H,7-11,16-20H2,3-4H3. The second kappa shape index (κ2) is 13.0. The minimum Gasteiger partial charge on any atom is -0.494 e. The summed E-state index contributed by atoms with van der Waals surface area (Å²) in [6.07, 6.45) is 15.9. The number of hydrogen-bond acceptors (Lipinski definition) is 3. The van der Waals surface area contributed by atoms with Crippen LogP contribution in [-0.4, -0.2) is 43.2 Å². The normalized spacial score (nSPS) is 13.1. The molecule has 1 fully saturated rings. The topological polar surface area (TPSA) is 38.8 Å². The third-order valence-electron chi connectivity index (χ3n) is 5.31. The van der Waals surface area contributed by atoms with Gasteiger partial charge in [-0.15, -0.1) is 24.7 Å². The van der Waals surface area contributed by atoms with Crippen molar-refractivity contribution in [2.45, 2.75) is 58.4 Å². The zero-order valence-corrected chi connectivity index (χ0v) is 18.4. The van der Waals surface area contributed by atoms with Crippen molar-refractivity contribution < 1.29 is 14.3 Å². The Labute approximate surface area is 182 Å². The van der Waals surface area contributed by atoms with Crippen molar-refractivity contribution in [3.8, 4) is 30.4 Å². The van der Waals surface area contributed by atoms with Crippen LogP contribution in [0.1, 0.15) is 51.5 Å². The molecule has 0 radical (unpaired) electrons. The second-order valence-electron chi connectivity index (χ2n) is 8.25. The third kappa shape index (κ3) is 8.52. The van der Waals surface area contributed by atoms with Gasteiger partial charge in [0.15, 0.2) is 0 Å². The minimum absolute atomic E-state index is 0.0363. The summed E-state index contributed by atoms with van der Waals surface area (Å²) in [5.74, 6) is 6.53. The highest BCUT2D eigenvalue weighted by atomic mass is 16.5. The van der Waals surface area contributed by atoms with Gasteiger partial charge in [-0.1, -0.05) is 12.1 Å². The maximum Gasteiger partial charge on any atom is 0.227 e. The lowest BCUT2D eigenvalue weighted by Gasteiger charge is -2.29. The molecule has 0 aliphatic heterocycles. The molecule has 4 nitrogen and oxygen atoms in total. The van der Waals surface area contributed by atoms with Gasteiger partial charge in [-0.05, 0) is 63.1 Å². The summed E-state index contributed by atoms with van der Waals surface area (Å²) >= 11 is 0. The van der Waals surface area contributed by atoms with E-state index in [9.17, 15) is 4.79 Å². The zero-order valence-electron chi connectivity index (χ0n) is 18.4. The quantitative estimate of drug-likeness (QED) is 0.339. The Kier molecular flexibility index (Phi) is 10.3. The van der Waals surface area contributed by atoms with Gasteiger partial charge in [-0.25, -0.2) is 0 Å². The van der Waals surface area contributed by atoms with Crippen LogP contribution in [0.25, 0.3) is 0 Å². The average molecular weight is 410 g/mol. The molecule has 1 aliphatic carbocycles. The summed E-state index contributed by atoms with van der Waals surface area (Å²) in [6.45, 7) is 6.87. The molecule has 2 rings (SSSR count). The van der Waals surface area contributed by atoms with Crippen LogP contribution in [-0.2, 0) is 16.0 Å². The fourth-order valence-corrected chi connectivity index (χ4v) is 3.29. The van der Waals surface area contributed by atoms with Crippen LogP contribution in [0.15, 0.2) is 24.3 Å². The van der Waals surface area contributed by atoms with Gasteiger partial charge in [0.1, 0.15) is 5.75 Å². The lowest BCUT2D eigenvalue weighted by atomic mass is 9.99. The number of carbonyl (C=O) groups is 1. The molecule has 0 atom stereocenters. The number of carbonyl (C=O) groups excluding carboxylic acids is 1. The number of ether oxygens (including phenoxy) is 2. The van der Waals surface area contributed by atoms with E-state index in [1.54, 1.807) is 0 Å². The summed E-state index contributed by atoms with van der Waals surface area (Å²) in [5.41, 5.74) is 1.25. The Morgan fingerprint density at radius 3 is 2.37 bits per heavy atom. The molecule has 1 aromatic rings. The summed E-state index contributed by atoms with van der Waals surface area (Å²) in [4.78, 5) is 14.7. The Morgan fingerprint density at radius 2 is 1.80 bits per heavy atom. The largest absolute Gasteiger partial charge is 0.494 e. The van der Waals surface area contributed by atoms with Crippen LogP contribution < -0.4 is 4.74 Å². The van der Waals surface area contributed by atoms with Crippen LogP contribution in [0.5, 0.6) is 5.75 Å². The van der Waals surface area contributed by atoms with E-state index in [4.69, 9.17) is 22.3 Å². The Bertz CT molecular complexity index is 706. The van der Waals surface area contributed by atoms with E-state index in [1.165, 1.54) is 18.4 Å². The Hall–Kier alpha value is -2.43. The molecule has 0 bridgehead atoms. The molecular weight excluding hydrogens is 374 g/mol. The van der Waals surface area contributed by atoms with E-state index in [-0.39, 0.29) is 17.9 Å². The second-order valence-corrected chi connectivity index (χ2v) is 8.25. The molecule has 0 heterocycles. The molecule has 1 saturated carbocycles. The van der Waals surface area contributed by atoms with Crippen molar-refractivity contribution in [1.82, 2.24) is 4.90 Å². The predicted molar refractivity (Wildman–Crippen MR) is 121 cm³/mol. The Balaban J connectivity index is 1.71. The average Bonchev–Trinajstić information content (AvgIpc) is 3.56. The van der Waals surface area contributed by atoms with E-state index in [1.807, 2.05) is 30.9 Å².